The van der Waals surface area contributed by atoms with E-state index in [1.807, 2.05) is 6.92 Å². The van der Waals surface area contributed by atoms with E-state index in [2.05, 4.69) is 9.84 Å². The second kappa shape index (κ2) is 5.81. The molecule has 0 fully saturated rings. The maximum Gasteiger partial charge on any atom is 0.387 e. The molecule has 106 valence electrons. The number of carbonyl (C=O) groups excluding carboxylic acids is 1. The molecular formula is C14H14F2N2O2. The van der Waals surface area contributed by atoms with Crippen LogP contribution in [-0.2, 0) is 13.5 Å². The molecule has 0 aliphatic rings. The third-order valence-corrected chi connectivity index (χ3v) is 2.84. The zero-order valence-corrected chi connectivity index (χ0v) is 11.1. The highest BCUT2D eigenvalue weighted by atomic mass is 19.3. The predicted molar refractivity (Wildman–Crippen MR) is 69.1 cm³/mol. The molecule has 0 saturated heterocycles. The molecule has 2 aromatic rings. The highest BCUT2D eigenvalue weighted by Gasteiger charge is 2.17. The van der Waals surface area contributed by atoms with Gasteiger partial charge in [0, 0.05) is 12.7 Å². The van der Waals surface area contributed by atoms with Gasteiger partial charge in [0.1, 0.15) is 5.75 Å². The second-order valence-electron chi connectivity index (χ2n) is 4.38. The minimum absolute atomic E-state index is 0.0843. The van der Waals surface area contributed by atoms with Gasteiger partial charge in [-0.1, -0.05) is 12.1 Å². The summed E-state index contributed by atoms with van der Waals surface area (Å²) in [7, 11) is 1.73. The topological polar surface area (TPSA) is 44.1 Å². The number of rotatable bonds is 5. The summed E-state index contributed by atoms with van der Waals surface area (Å²) >= 11 is 0. The highest BCUT2D eigenvalue weighted by molar-refractivity contribution is 5.99. The lowest BCUT2D eigenvalue weighted by Crippen LogP contribution is -2.11. The van der Waals surface area contributed by atoms with Gasteiger partial charge in [-0.15, -0.1) is 0 Å². The minimum atomic E-state index is -2.96. The van der Waals surface area contributed by atoms with Gasteiger partial charge in [-0.05, 0) is 25.1 Å². The molecule has 0 spiro atoms. The number of Topliss-reactive ketones (excluding diaryl/α,β-unsaturated/α-hetero) is 1. The molecule has 4 nitrogen and oxygen atoms in total. The molecule has 6 heteroatoms. The lowest BCUT2D eigenvalue weighted by molar-refractivity contribution is -0.0501. The number of ketones is 1. The Kier molecular flexibility index (Phi) is 4.12. The Labute approximate surface area is 115 Å². The van der Waals surface area contributed by atoms with E-state index >= 15 is 0 Å². The Morgan fingerprint density at radius 2 is 2.10 bits per heavy atom. The number of hydrogen-bond acceptors (Lipinski definition) is 3. The van der Waals surface area contributed by atoms with Crippen molar-refractivity contribution in [2.24, 2.45) is 7.05 Å². The quantitative estimate of drug-likeness (QED) is 0.791. The standard InChI is InChI=1S/C14H14F2N2O2/c1-9-7-10(18(2)17-9)8-12(19)11-5-3-4-6-13(11)20-14(15)16/h3-7,14H,8H2,1-2H3. The van der Waals surface area contributed by atoms with Crippen molar-refractivity contribution < 1.29 is 18.3 Å². The number of halogens is 2. The summed E-state index contributed by atoms with van der Waals surface area (Å²) in [5.74, 6) is -0.393. The number of alkyl halides is 2. The monoisotopic (exact) mass is 280 g/mol. The fourth-order valence-electron chi connectivity index (χ4n) is 1.99. The molecule has 0 saturated carbocycles. The largest absolute Gasteiger partial charge is 0.434 e. The first-order valence-electron chi connectivity index (χ1n) is 6.04. The molecule has 0 unspecified atom stereocenters. The van der Waals surface area contributed by atoms with Crippen molar-refractivity contribution in [3.63, 3.8) is 0 Å². The maximum atomic E-state index is 12.3. The summed E-state index contributed by atoms with van der Waals surface area (Å²) in [6.45, 7) is -1.13. The highest BCUT2D eigenvalue weighted by Crippen LogP contribution is 2.22. The van der Waals surface area contributed by atoms with Gasteiger partial charge in [0.25, 0.3) is 0 Å². The first kappa shape index (κ1) is 14.2. The van der Waals surface area contributed by atoms with Crippen LogP contribution in [0.5, 0.6) is 5.75 Å². The number of aryl methyl sites for hydroxylation is 2. The number of ether oxygens (including phenoxy) is 1. The van der Waals surface area contributed by atoms with E-state index in [-0.39, 0.29) is 23.5 Å². The number of hydrogen-bond donors (Lipinski definition) is 0. The number of aromatic nitrogens is 2. The molecule has 2 rings (SSSR count). The molecule has 0 bridgehead atoms. The lowest BCUT2D eigenvalue weighted by Gasteiger charge is -2.09. The molecule has 0 N–H and O–H groups in total. The van der Waals surface area contributed by atoms with Crippen molar-refractivity contribution in [2.75, 3.05) is 0 Å². The Hall–Kier alpha value is -2.24. The molecular weight excluding hydrogens is 266 g/mol. The molecule has 1 aromatic heterocycles. The fourth-order valence-corrected chi connectivity index (χ4v) is 1.99. The number of carbonyl (C=O) groups is 1. The molecule has 1 heterocycles. The minimum Gasteiger partial charge on any atom is -0.434 e. The van der Waals surface area contributed by atoms with Gasteiger partial charge in [0.2, 0.25) is 0 Å². The van der Waals surface area contributed by atoms with E-state index in [1.165, 1.54) is 12.1 Å². The van der Waals surface area contributed by atoms with E-state index in [4.69, 9.17) is 0 Å². The normalized spacial score (nSPS) is 10.8. The van der Waals surface area contributed by atoms with E-state index in [9.17, 15) is 13.6 Å². The zero-order valence-electron chi connectivity index (χ0n) is 11.1. The maximum absolute atomic E-state index is 12.3. The second-order valence-corrected chi connectivity index (χ2v) is 4.38. The van der Waals surface area contributed by atoms with E-state index in [0.717, 1.165) is 11.4 Å². The Bertz CT molecular complexity index is 623. The summed E-state index contributed by atoms with van der Waals surface area (Å²) in [6.07, 6.45) is 0.0843. The smallest absolute Gasteiger partial charge is 0.387 e. The summed E-state index contributed by atoms with van der Waals surface area (Å²) in [5, 5.41) is 4.14. The van der Waals surface area contributed by atoms with Crippen LogP contribution in [0.25, 0.3) is 0 Å². The first-order valence-corrected chi connectivity index (χ1v) is 6.04. The first-order chi connectivity index (χ1) is 9.47. The van der Waals surface area contributed by atoms with E-state index in [1.54, 1.807) is 29.9 Å². The van der Waals surface area contributed by atoms with Gasteiger partial charge >= 0.3 is 6.61 Å². The van der Waals surface area contributed by atoms with E-state index in [0.29, 0.717) is 0 Å². The third-order valence-electron chi connectivity index (χ3n) is 2.84. The van der Waals surface area contributed by atoms with Crippen LogP contribution in [-0.4, -0.2) is 22.2 Å². The van der Waals surface area contributed by atoms with Crippen molar-refractivity contribution in [2.45, 2.75) is 20.0 Å². The Morgan fingerprint density at radius 3 is 2.70 bits per heavy atom. The van der Waals surface area contributed by atoms with Crippen molar-refractivity contribution in [1.82, 2.24) is 9.78 Å². The van der Waals surface area contributed by atoms with Gasteiger partial charge in [-0.25, -0.2) is 0 Å². The fraction of sp³-hybridized carbons (Fsp3) is 0.286. The molecule has 1 aromatic carbocycles. The molecule has 0 radical (unpaired) electrons. The Balaban J connectivity index is 2.23. The van der Waals surface area contributed by atoms with Crippen LogP contribution in [0.4, 0.5) is 8.78 Å². The lowest BCUT2D eigenvalue weighted by atomic mass is 10.1. The van der Waals surface area contributed by atoms with E-state index < -0.39 is 6.61 Å². The van der Waals surface area contributed by atoms with Crippen molar-refractivity contribution in [1.29, 1.82) is 0 Å². The van der Waals surface area contributed by atoms with Crippen LogP contribution in [0.1, 0.15) is 21.7 Å². The molecule has 0 amide bonds. The van der Waals surface area contributed by atoms with Crippen LogP contribution < -0.4 is 4.74 Å². The summed E-state index contributed by atoms with van der Waals surface area (Å²) in [5.41, 5.74) is 1.67. The van der Waals surface area contributed by atoms with Crippen molar-refractivity contribution in [3.05, 3.63) is 47.3 Å². The average molecular weight is 280 g/mol. The van der Waals surface area contributed by atoms with Gasteiger partial charge < -0.3 is 4.74 Å². The summed E-state index contributed by atoms with van der Waals surface area (Å²) in [4.78, 5) is 12.2. The van der Waals surface area contributed by atoms with Crippen molar-refractivity contribution >= 4 is 5.78 Å². The number of para-hydroxylation sites is 1. The van der Waals surface area contributed by atoms with Crippen LogP contribution >= 0.6 is 0 Å². The number of nitrogens with zero attached hydrogens (tertiary/aromatic N) is 2. The van der Waals surface area contributed by atoms with Crippen LogP contribution in [0.3, 0.4) is 0 Å². The third kappa shape index (κ3) is 3.20. The van der Waals surface area contributed by atoms with Crippen LogP contribution in [0, 0.1) is 6.92 Å². The predicted octanol–water partition coefficient (Wildman–Crippen LogP) is 2.76. The van der Waals surface area contributed by atoms with Crippen LogP contribution in [0.15, 0.2) is 30.3 Å². The van der Waals surface area contributed by atoms with Crippen molar-refractivity contribution in [3.8, 4) is 5.75 Å². The van der Waals surface area contributed by atoms with Gasteiger partial charge in [0.15, 0.2) is 5.78 Å². The molecule has 0 atom stereocenters. The molecule has 20 heavy (non-hydrogen) atoms. The average Bonchev–Trinajstić information content (AvgIpc) is 2.67. The van der Waals surface area contributed by atoms with Gasteiger partial charge in [-0.2, -0.15) is 13.9 Å². The van der Waals surface area contributed by atoms with Crippen LogP contribution in [0.2, 0.25) is 0 Å². The number of benzene rings is 1. The SMILES string of the molecule is Cc1cc(CC(=O)c2ccccc2OC(F)F)n(C)n1. The summed E-state index contributed by atoms with van der Waals surface area (Å²) in [6, 6.07) is 7.77. The summed E-state index contributed by atoms with van der Waals surface area (Å²) < 4.78 is 30.6. The Morgan fingerprint density at radius 1 is 1.40 bits per heavy atom. The van der Waals surface area contributed by atoms with Gasteiger partial charge in [-0.3, -0.25) is 9.48 Å². The zero-order chi connectivity index (χ0) is 14.7. The molecule has 0 aliphatic heterocycles. The molecule has 0 aliphatic carbocycles. The van der Waals surface area contributed by atoms with Gasteiger partial charge in [0.05, 0.1) is 17.7 Å².